The van der Waals surface area contributed by atoms with E-state index in [1.54, 1.807) is 6.92 Å². The third-order valence-electron chi connectivity index (χ3n) is 4.41. The van der Waals surface area contributed by atoms with Crippen LogP contribution in [0.1, 0.15) is 43.6 Å². The van der Waals surface area contributed by atoms with Crippen LogP contribution in [0.4, 0.5) is 0 Å². The highest BCUT2D eigenvalue weighted by atomic mass is 16.5. The number of phenols is 2. The van der Waals surface area contributed by atoms with Gasteiger partial charge in [-0.25, -0.2) is 9.59 Å². The van der Waals surface area contributed by atoms with Gasteiger partial charge in [-0.3, -0.25) is 9.59 Å². The summed E-state index contributed by atoms with van der Waals surface area (Å²) in [5.74, 6) is -7.29. The van der Waals surface area contributed by atoms with Crippen molar-refractivity contribution in [2.45, 2.75) is 13.3 Å². The third-order valence-corrected chi connectivity index (χ3v) is 4.41. The second kappa shape index (κ2) is 7.03. The van der Waals surface area contributed by atoms with Crippen molar-refractivity contribution in [1.82, 2.24) is 0 Å². The maximum absolute atomic E-state index is 12.8. The Morgan fingerprint density at radius 3 is 1.96 bits per heavy atom. The number of ketones is 1. The number of Topliss-reactive ketones (excluding diaryl/α,β-unsaturated/α-hetero) is 1. The van der Waals surface area contributed by atoms with E-state index in [1.165, 1.54) is 0 Å². The van der Waals surface area contributed by atoms with Crippen molar-refractivity contribution in [2.24, 2.45) is 11.8 Å². The first-order valence-corrected chi connectivity index (χ1v) is 7.60. The lowest BCUT2D eigenvalue weighted by atomic mass is 9.73. The summed E-state index contributed by atoms with van der Waals surface area (Å²) in [4.78, 5) is 48.9. The fourth-order valence-electron chi connectivity index (χ4n) is 3.18. The number of ether oxygens (including phenoxy) is 3. The molecule has 0 saturated heterocycles. The molecule has 0 bridgehead atoms. The van der Waals surface area contributed by atoms with Gasteiger partial charge < -0.3 is 24.4 Å². The maximum Gasteiger partial charge on any atom is 0.345 e. The maximum atomic E-state index is 12.8. The first kappa shape index (κ1) is 19.2. The average Bonchev–Trinajstić information content (AvgIpc) is 2.60. The number of carbonyl (C=O) groups excluding carboxylic acids is 4. The number of hydrogen-bond donors (Lipinski definition) is 2. The fourth-order valence-corrected chi connectivity index (χ4v) is 3.18. The number of hydrogen-bond acceptors (Lipinski definition) is 9. The van der Waals surface area contributed by atoms with Gasteiger partial charge in [0.15, 0.2) is 5.78 Å². The lowest BCUT2D eigenvalue weighted by molar-refractivity contribution is -0.145. The lowest BCUT2D eigenvalue weighted by Crippen LogP contribution is -2.37. The Hall–Kier alpha value is -3.10. The molecule has 2 unspecified atom stereocenters. The van der Waals surface area contributed by atoms with Crippen molar-refractivity contribution in [3.63, 3.8) is 0 Å². The molecular weight excluding hydrogens is 348 g/mol. The van der Waals surface area contributed by atoms with E-state index >= 15 is 0 Å². The third kappa shape index (κ3) is 2.75. The van der Waals surface area contributed by atoms with Crippen LogP contribution < -0.4 is 0 Å². The van der Waals surface area contributed by atoms with Gasteiger partial charge in [-0.1, -0.05) is 6.92 Å². The van der Waals surface area contributed by atoms with E-state index in [1.807, 2.05) is 0 Å². The zero-order valence-electron chi connectivity index (χ0n) is 14.6. The predicted octanol–water partition coefficient (Wildman–Crippen LogP) is 0.835. The summed E-state index contributed by atoms with van der Waals surface area (Å²) in [5, 5.41) is 20.8. The first-order valence-electron chi connectivity index (χ1n) is 7.60. The van der Waals surface area contributed by atoms with Crippen LogP contribution in [0.5, 0.6) is 11.5 Å². The summed E-state index contributed by atoms with van der Waals surface area (Å²) < 4.78 is 13.7. The number of phenolic OH excluding ortho intramolecular Hbond substituents is 2. The molecule has 0 fully saturated rings. The van der Waals surface area contributed by atoms with E-state index < -0.39 is 63.7 Å². The van der Waals surface area contributed by atoms with Gasteiger partial charge in [0.2, 0.25) is 0 Å². The standard InChI is InChI=1S/C17H18O9/c1-6-5-7-9(12(18)8(6)15(21)24-2)13(19)11(17(23)26-4)14(20)10(7)16(22)25-3/h6,8,19-20H,5H2,1-4H3. The summed E-state index contributed by atoms with van der Waals surface area (Å²) >= 11 is 0. The van der Waals surface area contributed by atoms with Gasteiger partial charge in [0, 0.05) is 0 Å². The van der Waals surface area contributed by atoms with Crippen LogP contribution in [-0.2, 0) is 25.4 Å². The number of carbonyl (C=O) groups is 4. The zero-order chi connectivity index (χ0) is 19.8. The van der Waals surface area contributed by atoms with E-state index in [0.29, 0.717) is 0 Å². The van der Waals surface area contributed by atoms with E-state index in [0.717, 1.165) is 21.3 Å². The van der Waals surface area contributed by atoms with Gasteiger partial charge in [0.1, 0.15) is 28.5 Å². The highest BCUT2D eigenvalue weighted by Crippen LogP contribution is 2.44. The molecule has 0 heterocycles. The normalized spacial score (nSPS) is 18.7. The van der Waals surface area contributed by atoms with Crippen LogP contribution >= 0.6 is 0 Å². The monoisotopic (exact) mass is 366 g/mol. The average molecular weight is 366 g/mol. The SMILES string of the molecule is COC(=O)c1c(O)c(C(=O)OC)c2c(c1O)C(=O)C(C(=O)OC)C(C)C2. The topological polar surface area (TPSA) is 136 Å². The Labute approximate surface area is 148 Å². The molecule has 9 heteroatoms. The summed E-state index contributed by atoms with van der Waals surface area (Å²) in [6.07, 6.45) is -0.00611. The predicted molar refractivity (Wildman–Crippen MR) is 85.2 cm³/mol. The summed E-state index contributed by atoms with van der Waals surface area (Å²) in [5.41, 5.74) is -1.59. The Morgan fingerprint density at radius 1 is 0.923 bits per heavy atom. The molecule has 1 aliphatic carbocycles. The largest absolute Gasteiger partial charge is 0.506 e. The summed E-state index contributed by atoms with van der Waals surface area (Å²) in [6.45, 7) is 1.59. The van der Waals surface area contributed by atoms with Gasteiger partial charge >= 0.3 is 17.9 Å². The molecule has 2 N–H and O–H groups in total. The number of esters is 3. The molecule has 1 aromatic carbocycles. The molecule has 1 aromatic rings. The smallest absolute Gasteiger partial charge is 0.345 e. The lowest BCUT2D eigenvalue weighted by Gasteiger charge is -2.30. The number of rotatable bonds is 3. The van der Waals surface area contributed by atoms with Crippen molar-refractivity contribution in [1.29, 1.82) is 0 Å². The molecule has 0 aliphatic heterocycles. The van der Waals surface area contributed by atoms with E-state index in [-0.39, 0.29) is 12.0 Å². The number of methoxy groups -OCH3 is 3. The summed E-state index contributed by atoms with van der Waals surface area (Å²) in [6, 6.07) is 0. The van der Waals surface area contributed by atoms with Crippen LogP contribution in [-0.4, -0.2) is 55.2 Å². The first-order chi connectivity index (χ1) is 12.2. The fraction of sp³-hybridized carbons (Fsp3) is 0.412. The van der Waals surface area contributed by atoms with Crippen molar-refractivity contribution >= 4 is 23.7 Å². The Balaban J connectivity index is 2.88. The van der Waals surface area contributed by atoms with Crippen LogP contribution in [0.3, 0.4) is 0 Å². The van der Waals surface area contributed by atoms with Crippen molar-refractivity contribution in [2.75, 3.05) is 21.3 Å². The number of fused-ring (bicyclic) bond motifs is 1. The quantitative estimate of drug-likeness (QED) is 0.453. The molecule has 2 atom stereocenters. The number of aromatic hydroxyl groups is 2. The van der Waals surface area contributed by atoms with Crippen LogP contribution in [0.15, 0.2) is 0 Å². The highest BCUT2D eigenvalue weighted by molar-refractivity contribution is 6.16. The molecule has 0 aromatic heterocycles. The molecule has 1 aliphatic rings. The van der Waals surface area contributed by atoms with Gasteiger partial charge in [0.25, 0.3) is 0 Å². The Morgan fingerprint density at radius 2 is 1.46 bits per heavy atom. The molecule has 0 saturated carbocycles. The van der Waals surface area contributed by atoms with E-state index in [9.17, 15) is 29.4 Å². The minimum absolute atomic E-state index is 0.00263. The molecule has 0 radical (unpaired) electrons. The Kier molecular flexibility index (Phi) is 5.20. The van der Waals surface area contributed by atoms with Gasteiger partial charge in [-0.05, 0) is 17.9 Å². The van der Waals surface area contributed by atoms with Gasteiger partial charge in [-0.2, -0.15) is 0 Å². The van der Waals surface area contributed by atoms with Crippen LogP contribution in [0.2, 0.25) is 0 Å². The molecule has 26 heavy (non-hydrogen) atoms. The molecule has 9 nitrogen and oxygen atoms in total. The molecular formula is C17H18O9. The van der Waals surface area contributed by atoms with E-state index in [2.05, 4.69) is 14.2 Å². The molecule has 2 rings (SSSR count). The highest BCUT2D eigenvalue weighted by Gasteiger charge is 2.45. The molecule has 0 amide bonds. The van der Waals surface area contributed by atoms with Crippen molar-refractivity contribution in [3.8, 4) is 11.5 Å². The Bertz CT molecular complexity index is 809. The van der Waals surface area contributed by atoms with Crippen molar-refractivity contribution < 1.29 is 43.6 Å². The van der Waals surface area contributed by atoms with Crippen molar-refractivity contribution in [3.05, 3.63) is 22.3 Å². The summed E-state index contributed by atoms with van der Waals surface area (Å²) in [7, 11) is 3.18. The van der Waals surface area contributed by atoms with Crippen LogP contribution in [0.25, 0.3) is 0 Å². The van der Waals surface area contributed by atoms with Gasteiger partial charge in [0.05, 0.1) is 26.9 Å². The molecule has 140 valence electrons. The minimum atomic E-state index is -1.22. The number of benzene rings is 1. The molecule has 0 spiro atoms. The van der Waals surface area contributed by atoms with Gasteiger partial charge in [-0.15, -0.1) is 0 Å². The second-order valence-corrected chi connectivity index (χ2v) is 5.83. The van der Waals surface area contributed by atoms with Crippen LogP contribution in [0, 0.1) is 11.8 Å². The minimum Gasteiger partial charge on any atom is -0.506 e. The second-order valence-electron chi connectivity index (χ2n) is 5.83. The zero-order valence-corrected chi connectivity index (χ0v) is 14.6. The van der Waals surface area contributed by atoms with E-state index in [4.69, 9.17) is 0 Å².